The summed E-state index contributed by atoms with van der Waals surface area (Å²) in [6.07, 6.45) is 13.7. The van der Waals surface area contributed by atoms with E-state index in [2.05, 4.69) is 29.6 Å². The number of carbonyl (C=O) groups excluding carboxylic acids is 1. The molecule has 0 radical (unpaired) electrons. The lowest BCUT2D eigenvalue weighted by Gasteiger charge is -2.36. The molecule has 5 N–H and O–H groups in total. The topological polar surface area (TPSA) is 85.4 Å². The molecule has 6 heteroatoms. The molecule has 1 saturated heterocycles. The molecule has 6 rings (SSSR count). The Bertz CT molecular complexity index is 998. The van der Waals surface area contributed by atoms with Crippen molar-refractivity contribution in [2.75, 3.05) is 6.54 Å². The molecule has 1 aliphatic heterocycles. The Balaban J connectivity index is 0.000000978. The standard InChI is InChI=1S/C29H38N2O2S.C2H6.H3N.H2/c1-19(13-14-21-9-5-3-6-10-21)28(20(2)34-31-27(28)32)18-30-29-17-22(29)15-26(24-16-25(24)29)33-23-11-7-4-8-12-23;1-2;;/h4,7-8,11-12,15,20-22,24-25,30H,1,3,5-6,9-10,13-14,16-18H2,2H3,(H,31,32);1-2H3;1H3;1H. The van der Waals surface area contributed by atoms with Crippen LogP contribution in [0.25, 0.3) is 0 Å². The number of hydrogen-bond acceptors (Lipinski definition) is 5. The molecule has 5 aliphatic rings. The zero-order valence-electron chi connectivity index (χ0n) is 23.1. The van der Waals surface area contributed by atoms with E-state index >= 15 is 0 Å². The van der Waals surface area contributed by atoms with Crippen molar-refractivity contribution >= 4 is 17.9 Å². The maximum atomic E-state index is 13.3. The number of para-hydroxylation sites is 1. The fourth-order valence-electron chi connectivity index (χ4n) is 7.10. The Morgan fingerprint density at radius 2 is 1.95 bits per heavy atom. The van der Waals surface area contributed by atoms with Crippen molar-refractivity contribution in [1.29, 1.82) is 0 Å². The van der Waals surface area contributed by atoms with E-state index in [-0.39, 0.29) is 24.3 Å². The van der Waals surface area contributed by atoms with Crippen LogP contribution in [0.3, 0.4) is 0 Å². The van der Waals surface area contributed by atoms with E-state index in [1.807, 2.05) is 44.2 Å². The second kappa shape index (κ2) is 11.5. The van der Waals surface area contributed by atoms with E-state index < -0.39 is 5.41 Å². The van der Waals surface area contributed by atoms with Gasteiger partial charge in [-0.25, -0.2) is 0 Å². The Kier molecular flexibility index (Phi) is 8.82. The average molecular weight is 528 g/mol. The molecule has 6 unspecified atom stereocenters. The van der Waals surface area contributed by atoms with Crippen molar-refractivity contribution in [3.05, 3.63) is 54.3 Å². The number of hydrogen-bond donors (Lipinski definition) is 3. The maximum Gasteiger partial charge on any atom is 0.242 e. The van der Waals surface area contributed by atoms with Gasteiger partial charge in [-0.15, -0.1) is 0 Å². The minimum atomic E-state index is -0.504. The van der Waals surface area contributed by atoms with Gasteiger partial charge in [-0.3, -0.25) is 9.52 Å². The van der Waals surface area contributed by atoms with Crippen LogP contribution >= 0.6 is 11.9 Å². The molecular formula is C31H49N3O2S. The molecular weight excluding hydrogens is 478 g/mol. The summed E-state index contributed by atoms with van der Waals surface area (Å²) >= 11 is 1.58. The fourth-order valence-corrected chi connectivity index (χ4v) is 8.13. The number of allylic oxidation sites excluding steroid dienone is 1. The molecule has 4 aliphatic carbocycles. The first-order valence-electron chi connectivity index (χ1n) is 14.4. The highest BCUT2D eigenvalue weighted by Crippen LogP contribution is 2.67. The van der Waals surface area contributed by atoms with Gasteiger partial charge in [0.25, 0.3) is 0 Å². The lowest BCUT2D eigenvalue weighted by molar-refractivity contribution is -0.125. The van der Waals surface area contributed by atoms with Gasteiger partial charge in [-0.2, -0.15) is 0 Å². The van der Waals surface area contributed by atoms with E-state index in [1.165, 1.54) is 44.9 Å². The third-order valence-corrected chi connectivity index (χ3v) is 10.6. The first-order chi connectivity index (χ1) is 17.5. The molecule has 37 heavy (non-hydrogen) atoms. The normalized spacial score (nSPS) is 35.4. The van der Waals surface area contributed by atoms with Crippen molar-refractivity contribution in [2.24, 2.45) is 29.1 Å². The highest BCUT2D eigenvalue weighted by atomic mass is 32.2. The lowest BCUT2D eigenvalue weighted by atomic mass is 9.73. The van der Waals surface area contributed by atoms with Crippen LogP contribution in [-0.2, 0) is 4.79 Å². The SMILES string of the molecule is C=C(CCC1CCCCC1)C1(CNC23CC2C=C(Oc2ccccc2)C2CC23)C(=O)NSC1C.CC.N.[HH]. The van der Waals surface area contributed by atoms with Crippen LogP contribution in [0.15, 0.2) is 54.3 Å². The van der Waals surface area contributed by atoms with Gasteiger partial charge in [-0.05, 0) is 67.7 Å². The van der Waals surface area contributed by atoms with Crippen molar-refractivity contribution in [3.63, 3.8) is 0 Å². The second-order valence-electron chi connectivity index (χ2n) is 11.4. The summed E-state index contributed by atoms with van der Waals surface area (Å²) in [4.78, 5) is 13.3. The van der Waals surface area contributed by atoms with Gasteiger partial charge in [0.15, 0.2) is 0 Å². The minimum Gasteiger partial charge on any atom is -0.462 e. The van der Waals surface area contributed by atoms with Crippen molar-refractivity contribution < 1.29 is 11.0 Å². The maximum absolute atomic E-state index is 13.3. The molecule has 1 aromatic carbocycles. The molecule has 6 atom stereocenters. The van der Waals surface area contributed by atoms with Crippen LogP contribution in [0, 0.1) is 29.1 Å². The predicted octanol–water partition coefficient (Wildman–Crippen LogP) is 7.45. The molecule has 1 amide bonds. The van der Waals surface area contributed by atoms with Gasteiger partial charge in [0.05, 0.1) is 5.41 Å². The third kappa shape index (κ3) is 5.26. The van der Waals surface area contributed by atoms with Crippen LogP contribution in [0.4, 0.5) is 0 Å². The van der Waals surface area contributed by atoms with Crippen molar-refractivity contribution in [3.8, 4) is 5.75 Å². The van der Waals surface area contributed by atoms with Gasteiger partial charge in [0.2, 0.25) is 5.91 Å². The van der Waals surface area contributed by atoms with Crippen LogP contribution in [0.1, 0.15) is 80.0 Å². The van der Waals surface area contributed by atoms with Crippen LogP contribution in [-0.4, -0.2) is 23.2 Å². The number of fused-ring (bicyclic) bond motifs is 3. The van der Waals surface area contributed by atoms with E-state index in [9.17, 15) is 4.79 Å². The van der Waals surface area contributed by atoms with E-state index in [4.69, 9.17) is 4.74 Å². The Labute approximate surface area is 229 Å². The number of ether oxygens (including phenoxy) is 1. The number of rotatable bonds is 9. The molecule has 0 spiro atoms. The lowest BCUT2D eigenvalue weighted by Crippen LogP contribution is -2.51. The molecule has 3 saturated carbocycles. The van der Waals surface area contributed by atoms with Gasteiger partial charge < -0.3 is 16.2 Å². The third-order valence-electron chi connectivity index (χ3n) is 9.56. The zero-order chi connectivity index (χ0) is 25.3. The second-order valence-corrected chi connectivity index (χ2v) is 12.6. The molecule has 5 nitrogen and oxygen atoms in total. The number of benzene rings is 1. The van der Waals surface area contributed by atoms with Gasteiger partial charge >= 0.3 is 0 Å². The highest BCUT2D eigenvalue weighted by Gasteiger charge is 2.70. The summed E-state index contributed by atoms with van der Waals surface area (Å²) in [5.41, 5.74) is 0.787. The summed E-state index contributed by atoms with van der Waals surface area (Å²) < 4.78 is 9.36. The quantitative estimate of drug-likeness (QED) is 0.229. The monoisotopic (exact) mass is 527 g/mol. The van der Waals surface area contributed by atoms with Crippen molar-refractivity contribution in [1.82, 2.24) is 16.2 Å². The smallest absolute Gasteiger partial charge is 0.242 e. The molecule has 1 heterocycles. The first-order valence-corrected chi connectivity index (χ1v) is 15.2. The Morgan fingerprint density at radius 1 is 1.22 bits per heavy atom. The minimum absolute atomic E-state index is 0. The summed E-state index contributed by atoms with van der Waals surface area (Å²) in [5.74, 6) is 4.71. The largest absolute Gasteiger partial charge is 0.462 e. The molecule has 0 aromatic heterocycles. The van der Waals surface area contributed by atoms with Crippen molar-refractivity contribution in [2.45, 2.75) is 89.3 Å². The van der Waals surface area contributed by atoms with Crippen LogP contribution in [0.2, 0.25) is 0 Å². The molecule has 4 fully saturated rings. The highest BCUT2D eigenvalue weighted by molar-refractivity contribution is 7.99. The van der Waals surface area contributed by atoms with Gasteiger partial charge in [0.1, 0.15) is 11.5 Å². The van der Waals surface area contributed by atoms with E-state index in [0.717, 1.165) is 35.8 Å². The Hall–Kier alpha value is -1.76. The average Bonchev–Trinajstić information content (AvgIpc) is 3.82. The summed E-state index contributed by atoms with van der Waals surface area (Å²) in [7, 11) is 0. The number of carbonyl (C=O) groups is 1. The molecule has 206 valence electrons. The Morgan fingerprint density at radius 3 is 2.62 bits per heavy atom. The summed E-state index contributed by atoms with van der Waals surface area (Å²) in [6.45, 7) is 11.4. The number of nitrogens with one attached hydrogen (secondary N) is 2. The summed E-state index contributed by atoms with van der Waals surface area (Å²) in [6, 6.07) is 10.1. The van der Waals surface area contributed by atoms with Gasteiger partial charge in [0, 0.05) is 30.6 Å². The predicted molar refractivity (Wildman–Crippen MR) is 157 cm³/mol. The van der Waals surface area contributed by atoms with E-state index in [1.54, 1.807) is 11.9 Å². The molecule has 1 aromatic rings. The van der Waals surface area contributed by atoms with Crippen LogP contribution in [0.5, 0.6) is 5.75 Å². The first kappa shape index (κ1) is 28.3. The summed E-state index contributed by atoms with van der Waals surface area (Å²) in [5, 5.41) is 4.18. The van der Waals surface area contributed by atoms with Gasteiger partial charge in [-0.1, -0.05) is 83.2 Å². The van der Waals surface area contributed by atoms with Crippen LogP contribution < -0.4 is 20.9 Å². The van der Waals surface area contributed by atoms with E-state index in [0.29, 0.717) is 24.3 Å². The number of amides is 1. The zero-order valence-corrected chi connectivity index (χ0v) is 23.9. The molecule has 0 bridgehead atoms. The fraction of sp³-hybridized carbons (Fsp3) is 0.645.